The van der Waals surface area contributed by atoms with E-state index in [4.69, 9.17) is 11.6 Å². The van der Waals surface area contributed by atoms with Gasteiger partial charge in [0, 0.05) is 43.2 Å². The summed E-state index contributed by atoms with van der Waals surface area (Å²) in [4.78, 5) is 17.2. The van der Waals surface area contributed by atoms with Gasteiger partial charge in [-0.1, -0.05) is 23.7 Å². The summed E-state index contributed by atoms with van der Waals surface area (Å²) < 4.78 is 0. The Morgan fingerprint density at radius 1 is 1.14 bits per heavy atom. The van der Waals surface area contributed by atoms with Gasteiger partial charge in [0.2, 0.25) is 5.91 Å². The highest BCUT2D eigenvalue weighted by Crippen LogP contribution is 2.49. The second-order valence-electron chi connectivity index (χ2n) is 6.60. The highest BCUT2D eigenvalue weighted by atomic mass is 35.5. The number of hydrogen-bond donors (Lipinski definition) is 0. The fourth-order valence-electron chi connectivity index (χ4n) is 3.56. The van der Waals surface area contributed by atoms with E-state index in [2.05, 4.69) is 15.9 Å². The van der Waals surface area contributed by atoms with Crippen molar-refractivity contribution < 1.29 is 4.79 Å². The van der Waals surface area contributed by atoms with Gasteiger partial charge < -0.3 is 4.90 Å². The largest absolute Gasteiger partial charge is 0.340 e. The molecule has 1 aliphatic heterocycles. The molecule has 0 spiro atoms. The second-order valence-corrected chi connectivity index (χ2v) is 7.03. The molecule has 2 atom stereocenters. The highest BCUT2D eigenvalue weighted by molar-refractivity contribution is 6.30. The third kappa shape index (κ3) is 2.82. The molecule has 3 nitrogen and oxygen atoms in total. The summed E-state index contributed by atoms with van der Waals surface area (Å²) in [5.41, 5.74) is 1.22. The summed E-state index contributed by atoms with van der Waals surface area (Å²) in [6.45, 7) is 3.94. The summed E-state index contributed by atoms with van der Waals surface area (Å²) in [5.74, 6) is 0.934. The molecule has 1 amide bonds. The Bertz CT molecular complexity index is 549. The Hall–Kier alpha value is -1.06. The molecule has 0 radical (unpaired) electrons. The molecular formula is C17H21ClN2O. The minimum Gasteiger partial charge on any atom is -0.340 e. The number of piperazine rings is 1. The lowest BCUT2D eigenvalue weighted by Crippen LogP contribution is -2.49. The van der Waals surface area contributed by atoms with Crippen LogP contribution in [-0.4, -0.2) is 47.9 Å². The van der Waals surface area contributed by atoms with Gasteiger partial charge in [-0.15, -0.1) is 0 Å². The van der Waals surface area contributed by atoms with Crippen molar-refractivity contribution in [1.82, 2.24) is 9.80 Å². The Morgan fingerprint density at radius 2 is 1.90 bits per heavy atom. The van der Waals surface area contributed by atoms with Crippen LogP contribution in [0.5, 0.6) is 0 Å². The lowest BCUT2D eigenvalue weighted by molar-refractivity contribution is -0.134. The van der Waals surface area contributed by atoms with Gasteiger partial charge in [-0.05, 0) is 42.9 Å². The molecule has 1 aromatic rings. The number of halogens is 1. The van der Waals surface area contributed by atoms with E-state index in [-0.39, 0.29) is 5.92 Å². The molecule has 2 unspecified atom stereocenters. The summed E-state index contributed by atoms with van der Waals surface area (Å²) in [7, 11) is 0. The number of carbonyl (C=O) groups excluding carboxylic acids is 1. The summed E-state index contributed by atoms with van der Waals surface area (Å²) in [6.07, 6.45) is 3.70. The Morgan fingerprint density at radius 3 is 2.57 bits per heavy atom. The second kappa shape index (κ2) is 5.29. The van der Waals surface area contributed by atoms with Crippen LogP contribution < -0.4 is 0 Å². The Kier molecular flexibility index (Phi) is 3.43. The first-order valence-electron chi connectivity index (χ1n) is 8.00. The van der Waals surface area contributed by atoms with Gasteiger partial charge in [0.1, 0.15) is 0 Å². The fourth-order valence-corrected chi connectivity index (χ4v) is 3.75. The third-order valence-corrected chi connectivity index (χ3v) is 5.31. The molecule has 2 saturated carbocycles. The first-order chi connectivity index (χ1) is 10.2. The number of carbonyl (C=O) groups is 1. The molecular weight excluding hydrogens is 284 g/mol. The van der Waals surface area contributed by atoms with Crippen molar-refractivity contribution in [2.24, 2.45) is 5.92 Å². The normalized spacial score (nSPS) is 29.5. The number of hydrogen-bond acceptors (Lipinski definition) is 2. The number of nitrogens with zero attached hydrogens (tertiary/aromatic N) is 2. The van der Waals surface area contributed by atoms with Crippen LogP contribution in [0.25, 0.3) is 0 Å². The van der Waals surface area contributed by atoms with Crippen LogP contribution in [0.15, 0.2) is 24.3 Å². The molecule has 1 heterocycles. The molecule has 4 rings (SSSR count). The SMILES string of the molecule is O=C(C1CC1c1cccc(Cl)c1)N1CCN(C2CC2)CC1. The molecule has 1 aromatic carbocycles. The van der Waals surface area contributed by atoms with Gasteiger partial charge in [0.15, 0.2) is 0 Å². The van der Waals surface area contributed by atoms with Crippen molar-refractivity contribution in [2.45, 2.75) is 31.2 Å². The average Bonchev–Trinajstić information content (AvgIpc) is 3.40. The fraction of sp³-hybridized carbons (Fsp3) is 0.588. The molecule has 0 N–H and O–H groups in total. The van der Waals surface area contributed by atoms with Crippen LogP contribution in [0.4, 0.5) is 0 Å². The standard InChI is InChI=1S/C17H21ClN2O/c18-13-3-1-2-12(10-13)15-11-16(15)17(21)20-8-6-19(7-9-20)14-4-5-14/h1-3,10,14-16H,4-9,11H2. The van der Waals surface area contributed by atoms with E-state index in [9.17, 15) is 4.79 Å². The van der Waals surface area contributed by atoms with Gasteiger partial charge in [-0.2, -0.15) is 0 Å². The highest BCUT2D eigenvalue weighted by Gasteiger charge is 2.46. The van der Waals surface area contributed by atoms with E-state index >= 15 is 0 Å². The van der Waals surface area contributed by atoms with Crippen molar-refractivity contribution in [3.05, 3.63) is 34.9 Å². The van der Waals surface area contributed by atoms with E-state index in [1.54, 1.807) is 0 Å². The number of rotatable bonds is 3. The minimum atomic E-state index is 0.191. The molecule has 0 bridgehead atoms. The Balaban J connectivity index is 1.34. The number of amides is 1. The van der Waals surface area contributed by atoms with Gasteiger partial charge in [0.25, 0.3) is 0 Å². The maximum absolute atomic E-state index is 12.6. The molecule has 3 aliphatic rings. The van der Waals surface area contributed by atoms with E-state index in [1.165, 1.54) is 18.4 Å². The van der Waals surface area contributed by atoms with Gasteiger partial charge in [-0.25, -0.2) is 0 Å². The van der Waals surface area contributed by atoms with Crippen LogP contribution in [0.3, 0.4) is 0 Å². The molecule has 112 valence electrons. The molecule has 0 aromatic heterocycles. The van der Waals surface area contributed by atoms with E-state index in [0.29, 0.717) is 11.8 Å². The Labute approximate surface area is 130 Å². The maximum atomic E-state index is 12.6. The van der Waals surface area contributed by atoms with Crippen molar-refractivity contribution in [3.8, 4) is 0 Å². The first kappa shape index (κ1) is 13.6. The van der Waals surface area contributed by atoms with Crippen LogP contribution in [0, 0.1) is 5.92 Å². The average molecular weight is 305 g/mol. The smallest absolute Gasteiger partial charge is 0.226 e. The molecule has 4 heteroatoms. The van der Waals surface area contributed by atoms with Crippen LogP contribution >= 0.6 is 11.6 Å². The van der Waals surface area contributed by atoms with E-state index in [0.717, 1.165) is 43.7 Å². The van der Waals surface area contributed by atoms with E-state index in [1.807, 2.05) is 18.2 Å². The summed E-state index contributed by atoms with van der Waals surface area (Å²) >= 11 is 6.04. The quantitative estimate of drug-likeness (QED) is 0.857. The van der Waals surface area contributed by atoms with Crippen LogP contribution in [0.2, 0.25) is 5.02 Å². The van der Waals surface area contributed by atoms with Gasteiger partial charge in [-0.3, -0.25) is 9.69 Å². The predicted octanol–water partition coefficient (Wildman–Crippen LogP) is 2.75. The minimum absolute atomic E-state index is 0.191. The third-order valence-electron chi connectivity index (χ3n) is 5.07. The maximum Gasteiger partial charge on any atom is 0.226 e. The van der Waals surface area contributed by atoms with Crippen LogP contribution in [0.1, 0.15) is 30.7 Å². The molecule has 21 heavy (non-hydrogen) atoms. The molecule has 3 fully saturated rings. The molecule has 2 aliphatic carbocycles. The van der Waals surface area contributed by atoms with Crippen molar-refractivity contribution >= 4 is 17.5 Å². The first-order valence-corrected chi connectivity index (χ1v) is 8.38. The molecule has 1 saturated heterocycles. The predicted molar refractivity (Wildman–Crippen MR) is 83.5 cm³/mol. The number of benzene rings is 1. The van der Waals surface area contributed by atoms with Crippen molar-refractivity contribution in [2.75, 3.05) is 26.2 Å². The monoisotopic (exact) mass is 304 g/mol. The van der Waals surface area contributed by atoms with Crippen molar-refractivity contribution in [3.63, 3.8) is 0 Å². The van der Waals surface area contributed by atoms with Gasteiger partial charge in [0.05, 0.1) is 0 Å². The van der Waals surface area contributed by atoms with Crippen molar-refractivity contribution in [1.29, 1.82) is 0 Å². The zero-order valence-corrected chi connectivity index (χ0v) is 12.9. The lowest BCUT2D eigenvalue weighted by atomic mass is 10.1. The van der Waals surface area contributed by atoms with Gasteiger partial charge >= 0.3 is 0 Å². The van der Waals surface area contributed by atoms with Crippen LogP contribution in [-0.2, 0) is 4.79 Å². The summed E-state index contributed by atoms with van der Waals surface area (Å²) in [6, 6.07) is 8.79. The van der Waals surface area contributed by atoms with E-state index < -0.39 is 0 Å². The topological polar surface area (TPSA) is 23.6 Å². The zero-order chi connectivity index (χ0) is 14.4. The lowest BCUT2D eigenvalue weighted by Gasteiger charge is -2.35. The zero-order valence-electron chi connectivity index (χ0n) is 12.2. The summed E-state index contributed by atoms with van der Waals surface area (Å²) in [5, 5.41) is 0.767.